The van der Waals surface area contributed by atoms with Gasteiger partial charge in [-0.1, -0.05) is 0 Å². The third kappa shape index (κ3) is 3.61. The Kier molecular flexibility index (Phi) is 5.07. The van der Waals surface area contributed by atoms with Crippen LogP contribution in [0.4, 0.5) is 5.82 Å². The second-order valence-electron chi connectivity index (χ2n) is 6.13. The fraction of sp³-hybridized carbons (Fsp3) is 0.688. The van der Waals surface area contributed by atoms with E-state index in [1.165, 1.54) is 0 Å². The molecular weight excluding hydrogens is 294 g/mol. The van der Waals surface area contributed by atoms with Gasteiger partial charge in [-0.25, -0.2) is 4.98 Å². The first kappa shape index (κ1) is 16.1. The maximum absolute atomic E-state index is 11.5. The lowest BCUT2D eigenvalue weighted by atomic mass is 10.0. The largest absolute Gasteiger partial charge is 0.372 e. The summed E-state index contributed by atoms with van der Waals surface area (Å²) in [6, 6.07) is 0.520. The zero-order chi connectivity index (χ0) is 16.2. The molecule has 0 saturated carbocycles. The molecule has 0 aromatic carbocycles. The Morgan fingerprint density at radius 2 is 2.00 bits per heavy atom. The molecule has 1 aromatic heterocycles. The number of ether oxygens (including phenoxy) is 1. The molecule has 7 nitrogen and oxygen atoms in total. The van der Waals surface area contributed by atoms with E-state index in [9.17, 15) is 4.79 Å². The molecule has 1 atom stereocenters. The molecule has 2 fully saturated rings. The van der Waals surface area contributed by atoms with Gasteiger partial charge in [0.1, 0.15) is 17.6 Å². The first-order valence-corrected chi connectivity index (χ1v) is 8.29. The highest BCUT2D eigenvalue weighted by Gasteiger charge is 2.31. The van der Waals surface area contributed by atoms with Crippen molar-refractivity contribution < 1.29 is 9.53 Å². The number of morpholine rings is 1. The summed E-state index contributed by atoms with van der Waals surface area (Å²) in [4.78, 5) is 24.7. The van der Waals surface area contributed by atoms with E-state index in [0.29, 0.717) is 12.6 Å². The number of rotatable bonds is 3. The van der Waals surface area contributed by atoms with Gasteiger partial charge in [-0.05, 0) is 12.8 Å². The van der Waals surface area contributed by atoms with E-state index in [2.05, 4.69) is 20.2 Å². The van der Waals surface area contributed by atoms with Crippen LogP contribution in [0.5, 0.6) is 0 Å². The maximum atomic E-state index is 11.5. The summed E-state index contributed by atoms with van der Waals surface area (Å²) in [5, 5.41) is 3.09. The summed E-state index contributed by atoms with van der Waals surface area (Å²) in [6.45, 7) is 5.84. The molecule has 2 aliphatic rings. The topological polar surface area (TPSA) is 70.6 Å². The van der Waals surface area contributed by atoms with Gasteiger partial charge in [0.05, 0.1) is 6.61 Å². The van der Waals surface area contributed by atoms with Gasteiger partial charge in [-0.2, -0.15) is 0 Å². The molecule has 3 heterocycles. The number of piperidine rings is 1. The number of carbonyl (C=O) groups excluding carboxylic acids is 1. The number of anilines is 1. The molecule has 1 amide bonds. The molecule has 1 N–H and O–H groups in total. The van der Waals surface area contributed by atoms with Crippen LogP contribution in [0.25, 0.3) is 0 Å². The Morgan fingerprint density at radius 1 is 1.26 bits per heavy atom. The Morgan fingerprint density at radius 3 is 2.70 bits per heavy atom. The molecule has 23 heavy (non-hydrogen) atoms. The third-order valence-corrected chi connectivity index (χ3v) is 4.79. The lowest BCUT2D eigenvalue weighted by Crippen LogP contribution is -2.50. The lowest BCUT2D eigenvalue weighted by molar-refractivity contribution is -0.131. The van der Waals surface area contributed by atoms with E-state index in [-0.39, 0.29) is 12.0 Å². The van der Waals surface area contributed by atoms with E-state index in [0.717, 1.165) is 50.5 Å². The molecule has 2 saturated heterocycles. The van der Waals surface area contributed by atoms with Crippen molar-refractivity contribution in [2.75, 3.05) is 45.2 Å². The van der Waals surface area contributed by atoms with Gasteiger partial charge in [-0.15, -0.1) is 0 Å². The predicted molar refractivity (Wildman–Crippen MR) is 87.1 cm³/mol. The van der Waals surface area contributed by atoms with Crippen molar-refractivity contribution in [3.05, 3.63) is 18.1 Å². The SMILES string of the molecule is CNc1nccnc1[C@@H]1CN(C2CCN(C(C)=O)CC2)CCO1. The Bertz CT molecular complexity index is 545. The Hall–Kier alpha value is -1.73. The molecule has 0 aliphatic carbocycles. The molecule has 7 heteroatoms. The van der Waals surface area contributed by atoms with E-state index >= 15 is 0 Å². The number of nitrogens with one attached hydrogen (secondary N) is 1. The van der Waals surface area contributed by atoms with E-state index < -0.39 is 0 Å². The highest BCUT2D eigenvalue weighted by atomic mass is 16.5. The maximum Gasteiger partial charge on any atom is 0.219 e. The molecule has 0 radical (unpaired) electrons. The third-order valence-electron chi connectivity index (χ3n) is 4.79. The van der Waals surface area contributed by atoms with Gasteiger partial charge in [-0.3, -0.25) is 14.7 Å². The number of amides is 1. The van der Waals surface area contributed by atoms with Crippen molar-refractivity contribution in [3.63, 3.8) is 0 Å². The number of aromatic nitrogens is 2. The Balaban J connectivity index is 1.64. The van der Waals surface area contributed by atoms with Gasteiger partial charge in [0.15, 0.2) is 0 Å². The first-order valence-electron chi connectivity index (χ1n) is 8.29. The summed E-state index contributed by atoms with van der Waals surface area (Å²) in [6.07, 6.45) is 5.42. The molecule has 0 spiro atoms. The van der Waals surface area contributed by atoms with E-state index in [1.807, 2.05) is 11.9 Å². The first-order chi connectivity index (χ1) is 11.2. The minimum atomic E-state index is -0.0502. The van der Waals surface area contributed by atoms with E-state index in [4.69, 9.17) is 4.74 Å². The number of likely N-dealkylation sites (tertiary alicyclic amines) is 1. The van der Waals surface area contributed by atoms with Crippen LogP contribution in [0.3, 0.4) is 0 Å². The highest BCUT2D eigenvalue weighted by molar-refractivity contribution is 5.73. The fourth-order valence-corrected chi connectivity index (χ4v) is 3.49. The van der Waals surface area contributed by atoms with Crippen LogP contribution in [-0.2, 0) is 9.53 Å². The standard InChI is InChI=1S/C16H25N5O2/c1-12(22)20-7-3-13(4-8-20)21-9-10-23-14(11-21)15-16(17-2)19-6-5-18-15/h5-6,13-14H,3-4,7-11H2,1-2H3,(H,17,19)/t14-/m0/s1. The van der Waals surface area contributed by atoms with Gasteiger partial charge >= 0.3 is 0 Å². The minimum Gasteiger partial charge on any atom is -0.372 e. The summed E-state index contributed by atoms with van der Waals surface area (Å²) >= 11 is 0. The van der Waals surface area contributed by atoms with Crippen LogP contribution in [-0.4, -0.2) is 71.6 Å². The summed E-state index contributed by atoms with van der Waals surface area (Å²) in [5.41, 5.74) is 0.876. The lowest BCUT2D eigenvalue weighted by Gasteiger charge is -2.42. The van der Waals surface area contributed by atoms with Crippen LogP contribution < -0.4 is 5.32 Å². The number of hydrogen-bond donors (Lipinski definition) is 1. The Labute approximate surface area is 137 Å². The van der Waals surface area contributed by atoms with Crippen molar-refractivity contribution in [1.29, 1.82) is 0 Å². The number of hydrogen-bond acceptors (Lipinski definition) is 6. The second kappa shape index (κ2) is 7.23. The number of carbonyl (C=O) groups is 1. The van der Waals surface area contributed by atoms with Gasteiger partial charge in [0.25, 0.3) is 0 Å². The molecule has 126 valence electrons. The molecule has 0 bridgehead atoms. The molecular formula is C16H25N5O2. The average Bonchev–Trinajstić information content (AvgIpc) is 2.62. The summed E-state index contributed by atoms with van der Waals surface area (Å²) in [5.74, 6) is 0.965. The fourth-order valence-electron chi connectivity index (χ4n) is 3.49. The van der Waals surface area contributed by atoms with Crippen LogP contribution in [0, 0.1) is 0 Å². The van der Waals surface area contributed by atoms with Crippen LogP contribution in [0.15, 0.2) is 12.4 Å². The normalized spacial score (nSPS) is 23.7. The highest BCUT2D eigenvalue weighted by Crippen LogP contribution is 2.28. The molecule has 2 aliphatic heterocycles. The number of nitrogens with zero attached hydrogens (tertiary/aromatic N) is 4. The zero-order valence-corrected chi connectivity index (χ0v) is 13.9. The smallest absolute Gasteiger partial charge is 0.219 e. The van der Waals surface area contributed by atoms with E-state index in [1.54, 1.807) is 19.3 Å². The van der Waals surface area contributed by atoms with Gasteiger partial charge in [0.2, 0.25) is 5.91 Å². The van der Waals surface area contributed by atoms with Crippen molar-refractivity contribution in [1.82, 2.24) is 19.8 Å². The van der Waals surface area contributed by atoms with Gasteiger partial charge < -0.3 is 15.0 Å². The monoisotopic (exact) mass is 319 g/mol. The van der Waals surface area contributed by atoms with Crippen LogP contribution in [0.1, 0.15) is 31.6 Å². The average molecular weight is 319 g/mol. The quantitative estimate of drug-likeness (QED) is 0.893. The van der Waals surface area contributed by atoms with Crippen molar-refractivity contribution in [3.8, 4) is 0 Å². The van der Waals surface area contributed by atoms with Crippen molar-refractivity contribution in [2.45, 2.75) is 31.9 Å². The molecule has 0 unspecified atom stereocenters. The molecule has 3 rings (SSSR count). The van der Waals surface area contributed by atoms with Gasteiger partial charge in [0, 0.05) is 58.6 Å². The molecule has 1 aromatic rings. The summed E-state index contributed by atoms with van der Waals surface area (Å²) in [7, 11) is 1.85. The predicted octanol–water partition coefficient (Wildman–Crippen LogP) is 0.903. The zero-order valence-electron chi connectivity index (χ0n) is 13.9. The minimum absolute atomic E-state index is 0.0502. The van der Waals surface area contributed by atoms with Crippen molar-refractivity contribution >= 4 is 11.7 Å². The van der Waals surface area contributed by atoms with Crippen molar-refractivity contribution in [2.24, 2.45) is 0 Å². The van der Waals surface area contributed by atoms with Crippen LogP contribution in [0.2, 0.25) is 0 Å². The van der Waals surface area contributed by atoms with Crippen LogP contribution >= 0.6 is 0 Å². The second-order valence-corrected chi connectivity index (χ2v) is 6.13. The summed E-state index contributed by atoms with van der Waals surface area (Å²) < 4.78 is 5.94.